The molecular weight excluding hydrogens is 480 g/mol. The van der Waals surface area contributed by atoms with Crippen LogP contribution in [0.3, 0.4) is 0 Å². The van der Waals surface area contributed by atoms with E-state index in [1.165, 1.54) is 0 Å². The Balaban J connectivity index is 1.82. The minimum absolute atomic E-state index is 0.0257. The number of methoxy groups -OCH3 is 1. The maximum atomic E-state index is 9.57. The van der Waals surface area contributed by atoms with Crippen LogP contribution in [0.15, 0.2) is 71.0 Å². The number of anilines is 3. The van der Waals surface area contributed by atoms with Crippen molar-refractivity contribution in [3.05, 3.63) is 66.0 Å². The van der Waals surface area contributed by atoms with E-state index in [1.54, 1.807) is 7.11 Å². The summed E-state index contributed by atoms with van der Waals surface area (Å²) in [5, 5.41) is 37.5. The maximum Gasteiger partial charge on any atom is 0.119 e. The second-order valence-corrected chi connectivity index (χ2v) is 8.87. The Morgan fingerprint density at radius 3 is 2.24 bits per heavy atom. The van der Waals surface area contributed by atoms with Gasteiger partial charge in [0.05, 0.1) is 68.1 Å². The molecule has 0 aromatic heterocycles. The van der Waals surface area contributed by atoms with Crippen molar-refractivity contribution in [1.82, 2.24) is 4.90 Å². The quantitative estimate of drug-likeness (QED) is 0.438. The van der Waals surface area contributed by atoms with Gasteiger partial charge in [0.15, 0.2) is 0 Å². The molecule has 0 bridgehead atoms. The highest BCUT2D eigenvalue weighted by Crippen LogP contribution is 2.45. The molecule has 2 aliphatic rings. The smallest absolute Gasteiger partial charge is 0.119 e. The summed E-state index contributed by atoms with van der Waals surface area (Å²) < 4.78 is 5.38. The van der Waals surface area contributed by atoms with Crippen LogP contribution in [0.25, 0.3) is 0 Å². The topological polar surface area (TPSA) is 119 Å². The molecule has 0 unspecified atom stereocenters. The van der Waals surface area contributed by atoms with Crippen LogP contribution < -0.4 is 14.5 Å². The van der Waals surface area contributed by atoms with Gasteiger partial charge >= 0.3 is 0 Å². The number of rotatable bonds is 12. The monoisotopic (exact) mass is 512 g/mol. The summed E-state index contributed by atoms with van der Waals surface area (Å²) in [6, 6.07) is 18.2. The highest BCUT2D eigenvalue weighted by Gasteiger charge is 2.29. The van der Waals surface area contributed by atoms with Gasteiger partial charge in [-0.3, -0.25) is 0 Å². The highest BCUT2D eigenvalue weighted by atomic mass is 16.5. The van der Waals surface area contributed by atoms with E-state index >= 15 is 0 Å². The van der Waals surface area contributed by atoms with Gasteiger partial charge < -0.3 is 29.6 Å². The average Bonchev–Trinajstić information content (AvgIpc) is 2.95. The Hall–Kier alpha value is -4.31. The van der Waals surface area contributed by atoms with E-state index in [1.807, 2.05) is 47.4 Å². The molecule has 1 aliphatic carbocycles. The molecule has 0 saturated carbocycles. The molecule has 4 rings (SSSR count). The molecule has 196 valence electrons. The van der Waals surface area contributed by atoms with Crippen LogP contribution in [0, 0.1) is 22.7 Å². The molecule has 0 amide bonds. The number of nitrogens with zero attached hydrogens (tertiary/aromatic N) is 6. The molecule has 0 fully saturated rings. The van der Waals surface area contributed by atoms with Crippen LogP contribution in [-0.2, 0) is 0 Å². The third kappa shape index (κ3) is 5.81. The van der Waals surface area contributed by atoms with Gasteiger partial charge in [0.2, 0.25) is 0 Å². The fourth-order valence-electron chi connectivity index (χ4n) is 4.72. The van der Waals surface area contributed by atoms with Gasteiger partial charge in [0.25, 0.3) is 0 Å². The largest absolute Gasteiger partial charge is 0.497 e. The fraction of sp³-hybridized carbons (Fsp3) is 0.345. The van der Waals surface area contributed by atoms with Crippen LogP contribution in [0.2, 0.25) is 0 Å². The number of benzene rings is 2. The number of allylic oxidation sites excluding steroid dienone is 3. The predicted octanol–water partition coefficient (Wildman–Crippen LogP) is 4.01. The lowest BCUT2D eigenvalue weighted by Gasteiger charge is -2.37. The van der Waals surface area contributed by atoms with Crippen LogP contribution in [0.5, 0.6) is 5.75 Å². The molecule has 9 nitrogen and oxygen atoms in total. The zero-order valence-electron chi connectivity index (χ0n) is 21.5. The molecular formula is C29H32N6O3. The first-order valence-corrected chi connectivity index (χ1v) is 12.7. The lowest BCUT2D eigenvalue weighted by Crippen LogP contribution is -2.32. The fourth-order valence-corrected chi connectivity index (χ4v) is 4.72. The van der Waals surface area contributed by atoms with Gasteiger partial charge in [-0.1, -0.05) is 6.08 Å². The third-order valence-corrected chi connectivity index (χ3v) is 6.57. The zero-order chi connectivity index (χ0) is 26.9. The summed E-state index contributed by atoms with van der Waals surface area (Å²) in [6.45, 7) is 1.84. The number of aliphatic hydroxyl groups is 2. The number of hydrogen-bond donors (Lipinski definition) is 2. The number of ether oxygens (including phenoxy) is 1. The summed E-state index contributed by atoms with van der Waals surface area (Å²) in [5.41, 5.74) is 6.32. The highest BCUT2D eigenvalue weighted by molar-refractivity contribution is 6.12. The summed E-state index contributed by atoms with van der Waals surface area (Å²) in [6.07, 6.45) is 5.54. The molecule has 1 heterocycles. The summed E-state index contributed by atoms with van der Waals surface area (Å²) >= 11 is 0. The van der Waals surface area contributed by atoms with Crippen molar-refractivity contribution in [3.8, 4) is 17.9 Å². The van der Waals surface area contributed by atoms with E-state index in [4.69, 9.17) is 20.3 Å². The molecule has 2 aromatic rings. The number of hydrogen-bond acceptors (Lipinski definition) is 9. The first-order valence-electron chi connectivity index (χ1n) is 12.7. The standard InChI is InChI=1S/C29H32N6O3/c1-38-25-8-4-22(5-9-25)35-28-20-23(33(14-2-12-30)15-3-13-31)6-10-26(28)32-27-11-7-24(21-29(27)35)34(16-18-36)17-19-37/h4-9,11,20-21,36-37H,2-3,10,14-19H2,1H3. The number of nitriles is 2. The second-order valence-electron chi connectivity index (χ2n) is 8.87. The van der Waals surface area contributed by atoms with Crippen LogP contribution in [0.4, 0.5) is 22.7 Å². The van der Waals surface area contributed by atoms with E-state index < -0.39 is 0 Å². The van der Waals surface area contributed by atoms with Crippen LogP contribution in [-0.4, -0.2) is 67.3 Å². The molecule has 0 spiro atoms. The minimum Gasteiger partial charge on any atom is -0.497 e. The van der Waals surface area contributed by atoms with Crippen molar-refractivity contribution in [2.45, 2.75) is 19.3 Å². The van der Waals surface area contributed by atoms with Crippen LogP contribution >= 0.6 is 0 Å². The van der Waals surface area contributed by atoms with E-state index in [0.717, 1.165) is 45.6 Å². The minimum atomic E-state index is -0.0257. The Bertz CT molecular complexity index is 1280. The van der Waals surface area contributed by atoms with Crippen LogP contribution in [0.1, 0.15) is 19.3 Å². The van der Waals surface area contributed by atoms with Crippen molar-refractivity contribution in [2.24, 2.45) is 4.99 Å². The SMILES string of the molecule is COc1ccc(N2C3=CC(N(CCC#N)CCC#N)=CCC3=Nc3ccc(N(CCO)CCO)cc32)cc1. The van der Waals surface area contributed by atoms with E-state index in [2.05, 4.69) is 34.1 Å². The average molecular weight is 513 g/mol. The van der Waals surface area contributed by atoms with Gasteiger partial charge in [-0.2, -0.15) is 10.5 Å². The molecule has 2 aromatic carbocycles. The number of aliphatic imine (C=N–C) groups is 1. The van der Waals surface area contributed by atoms with E-state index in [0.29, 0.717) is 45.4 Å². The Kier molecular flexibility index (Phi) is 8.99. The summed E-state index contributed by atoms with van der Waals surface area (Å²) in [4.78, 5) is 11.2. The first kappa shape index (κ1) is 26.7. The molecule has 1 aliphatic heterocycles. The number of aliphatic hydroxyl groups excluding tert-OH is 2. The maximum absolute atomic E-state index is 9.57. The van der Waals surface area contributed by atoms with Gasteiger partial charge in [0, 0.05) is 49.7 Å². The predicted molar refractivity (Wildman–Crippen MR) is 148 cm³/mol. The lowest BCUT2D eigenvalue weighted by atomic mass is 9.99. The van der Waals surface area contributed by atoms with Gasteiger partial charge in [-0.15, -0.1) is 0 Å². The van der Waals surface area contributed by atoms with Gasteiger partial charge in [-0.25, -0.2) is 4.99 Å². The molecule has 0 atom stereocenters. The van der Waals surface area contributed by atoms with Crippen molar-refractivity contribution in [1.29, 1.82) is 10.5 Å². The van der Waals surface area contributed by atoms with Crippen molar-refractivity contribution in [2.75, 3.05) is 56.3 Å². The molecule has 0 radical (unpaired) electrons. The van der Waals surface area contributed by atoms with Crippen molar-refractivity contribution >= 4 is 28.5 Å². The van der Waals surface area contributed by atoms with Gasteiger partial charge in [0.1, 0.15) is 5.75 Å². The summed E-state index contributed by atoms with van der Waals surface area (Å²) in [5.74, 6) is 0.753. The molecule has 0 saturated heterocycles. The number of fused-ring (bicyclic) bond motifs is 2. The first-order chi connectivity index (χ1) is 18.6. The summed E-state index contributed by atoms with van der Waals surface area (Å²) in [7, 11) is 1.64. The Labute approximate surface area is 223 Å². The van der Waals surface area contributed by atoms with Crippen molar-refractivity contribution in [3.63, 3.8) is 0 Å². The van der Waals surface area contributed by atoms with E-state index in [9.17, 15) is 10.2 Å². The third-order valence-electron chi connectivity index (χ3n) is 6.57. The molecule has 38 heavy (non-hydrogen) atoms. The zero-order valence-corrected chi connectivity index (χ0v) is 21.5. The molecule has 9 heteroatoms. The van der Waals surface area contributed by atoms with Gasteiger partial charge in [-0.05, 0) is 48.5 Å². The molecule has 2 N–H and O–H groups in total. The van der Waals surface area contributed by atoms with Crippen molar-refractivity contribution < 1.29 is 14.9 Å². The second kappa shape index (κ2) is 12.8. The Morgan fingerprint density at radius 2 is 1.63 bits per heavy atom. The normalized spacial score (nSPS) is 13.7. The Morgan fingerprint density at radius 1 is 0.947 bits per heavy atom. The lowest BCUT2D eigenvalue weighted by molar-refractivity contribution is 0.281. The van der Waals surface area contributed by atoms with E-state index in [-0.39, 0.29) is 13.2 Å².